The Bertz CT molecular complexity index is 212. The van der Waals surface area contributed by atoms with Crippen LogP contribution in [0.2, 0.25) is 0 Å². The molecule has 4 heteroatoms. The van der Waals surface area contributed by atoms with E-state index in [9.17, 15) is 4.79 Å². The minimum Gasteiger partial charge on any atom is -0.394 e. The first kappa shape index (κ1) is 12.5. The van der Waals surface area contributed by atoms with Crippen LogP contribution in [-0.2, 0) is 4.79 Å². The van der Waals surface area contributed by atoms with Gasteiger partial charge in [0.2, 0.25) is 5.91 Å². The van der Waals surface area contributed by atoms with Crippen molar-refractivity contribution in [1.29, 1.82) is 0 Å². The number of amides is 1. The number of carbonyl (C=O) groups is 1. The summed E-state index contributed by atoms with van der Waals surface area (Å²) in [5, 5.41) is 20.4. The molecule has 0 aromatic carbocycles. The van der Waals surface area contributed by atoms with Crippen molar-refractivity contribution in [2.75, 3.05) is 13.2 Å². The van der Waals surface area contributed by atoms with Crippen LogP contribution in [0.4, 0.5) is 0 Å². The molecule has 3 N–H and O–H groups in total. The Morgan fingerprint density at radius 2 is 2.00 bits per heavy atom. The number of nitrogens with one attached hydrogen (secondary N) is 1. The zero-order valence-electron chi connectivity index (χ0n) is 9.33. The van der Waals surface area contributed by atoms with Gasteiger partial charge >= 0.3 is 0 Å². The third kappa shape index (κ3) is 3.47. The van der Waals surface area contributed by atoms with Crippen molar-refractivity contribution in [2.45, 2.75) is 45.1 Å². The largest absolute Gasteiger partial charge is 0.394 e. The Kier molecular flexibility index (Phi) is 4.54. The molecule has 4 nitrogen and oxygen atoms in total. The standard InChI is InChI=1S/C11H21NO3/c1-11(5-3-2-4-6-11)10(15)12-7-9(14)8-13/h9,13-14H,2-8H2,1H3,(H,12,15). The van der Waals surface area contributed by atoms with E-state index in [0.717, 1.165) is 25.7 Å². The Morgan fingerprint density at radius 3 is 2.53 bits per heavy atom. The molecular formula is C11H21NO3. The van der Waals surface area contributed by atoms with Gasteiger partial charge in [-0.15, -0.1) is 0 Å². The predicted molar refractivity (Wildman–Crippen MR) is 57.3 cm³/mol. The lowest BCUT2D eigenvalue weighted by atomic mass is 9.75. The highest BCUT2D eigenvalue weighted by Crippen LogP contribution is 2.35. The van der Waals surface area contributed by atoms with E-state index in [2.05, 4.69) is 5.32 Å². The molecule has 0 aromatic heterocycles. The summed E-state index contributed by atoms with van der Waals surface area (Å²) in [5.41, 5.74) is -0.270. The summed E-state index contributed by atoms with van der Waals surface area (Å²) >= 11 is 0. The molecule has 1 atom stereocenters. The molecule has 1 aliphatic rings. The van der Waals surface area contributed by atoms with Gasteiger partial charge in [0.1, 0.15) is 0 Å². The third-order valence-electron chi connectivity index (χ3n) is 3.21. The molecule has 1 fully saturated rings. The highest BCUT2D eigenvalue weighted by Gasteiger charge is 2.34. The van der Waals surface area contributed by atoms with E-state index in [-0.39, 0.29) is 24.5 Å². The van der Waals surface area contributed by atoms with Gasteiger partial charge < -0.3 is 15.5 Å². The van der Waals surface area contributed by atoms with Crippen LogP contribution in [0, 0.1) is 5.41 Å². The lowest BCUT2D eigenvalue weighted by Gasteiger charge is -2.32. The van der Waals surface area contributed by atoms with Gasteiger partial charge in [0.05, 0.1) is 12.7 Å². The maximum absolute atomic E-state index is 11.8. The van der Waals surface area contributed by atoms with Crippen molar-refractivity contribution in [1.82, 2.24) is 5.32 Å². The van der Waals surface area contributed by atoms with Crippen LogP contribution >= 0.6 is 0 Å². The molecule has 88 valence electrons. The predicted octanol–water partition coefficient (Wildman–Crippen LogP) is 0.426. The van der Waals surface area contributed by atoms with Crippen molar-refractivity contribution in [3.8, 4) is 0 Å². The summed E-state index contributed by atoms with van der Waals surface area (Å²) in [5.74, 6) is 0.00898. The second-order valence-corrected chi connectivity index (χ2v) is 4.67. The summed E-state index contributed by atoms with van der Waals surface area (Å²) in [6, 6.07) is 0. The average molecular weight is 215 g/mol. The van der Waals surface area contributed by atoms with Gasteiger partial charge in [0.25, 0.3) is 0 Å². The summed E-state index contributed by atoms with van der Waals surface area (Å²) in [6.07, 6.45) is 4.42. The third-order valence-corrected chi connectivity index (χ3v) is 3.21. The second kappa shape index (κ2) is 5.47. The fourth-order valence-corrected chi connectivity index (χ4v) is 2.05. The Labute approximate surface area is 90.7 Å². The van der Waals surface area contributed by atoms with Gasteiger partial charge in [0, 0.05) is 12.0 Å². The van der Waals surface area contributed by atoms with E-state index < -0.39 is 6.10 Å². The Morgan fingerprint density at radius 1 is 1.40 bits per heavy atom. The molecule has 1 aliphatic carbocycles. The van der Waals surface area contributed by atoms with Crippen molar-refractivity contribution in [3.63, 3.8) is 0 Å². The van der Waals surface area contributed by atoms with Crippen LogP contribution in [0.3, 0.4) is 0 Å². The maximum Gasteiger partial charge on any atom is 0.226 e. The number of rotatable bonds is 4. The quantitative estimate of drug-likeness (QED) is 0.637. The zero-order chi connectivity index (χ0) is 11.3. The number of hydrogen-bond donors (Lipinski definition) is 3. The van der Waals surface area contributed by atoms with Crippen LogP contribution in [0.1, 0.15) is 39.0 Å². The minimum absolute atomic E-state index is 0.00898. The molecule has 0 aromatic rings. The van der Waals surface area contributed by atoms with E-state index >= 15 is 0 Å². The van der Waals surface area contributed by atoms with Crippen LogP contribution in [0.25, 0.3) is 0 Å². The molecule has 1 unspecified atom stereocenters. The van der Waals surface area contributed by atoms with Gasteiger partial charge in [-0.2, -0.15) is 0 Å². The molecule has 1 amide bonds. The van der Waals surface area contributed by atoms with Crippen molar-refractivity contribution in [2.24, 2.45) is 5.41 Å². The van der Waals surface area contributed by atoms with Crippen LogP contribution < -0.4 is 5.32 Å². The van der Waals surface area contributed by atoms with Gasteiger partial charge in [-0.05, 0) is 12.8 Å². The second-order valence-electron chi connectivity index (χ2n) is 4.67. The molecular weight excluding hydrogens is 194 g/mol. The summed E-state index contributed by atoms with van der Waals surface area (Å²) in [7, 11) is 0. The molecule has 15 heavy (non-hydrogen) atoms. The van der Waals surface area contributed by atoms with Gasteiger partial charge in [-0.1, -0.05) is 26.2 Å². The van der Waals surface area contributed by atoms with Crippen molar-refractivity contribution < 1.29 is 15.0 Å². The molecule has 0 aliphatic heterocycles. The maximum atomic E-state index is 11.8. The zero-order valence-corrected chi connectivity index (χ0v) is 9.33. The van der Waals surface area contributed by atoms with E-state index in [1.807, 2.05) is 6.92 Å². The Hall–Kier alpha value is -0.610. The lowest BCUT2D eigenvalue weighted by molar-refractivity contribution is -0.132. The fraction of sp³-hybridized carbons (Fsp3) is 0.909. The van der Waals surface area contributed by atoms with Gasteiger partial charge in [0.15, 0.2) is 0 Å². The summed E-state index contributed by atoms with van der Waals surface area (Å²) < 4.78 is 0. The topological polar surface area (TPSA) is 69.6 Å². The fourth-order valence-electron chi connectivity index (χ4n) is 2.05. The van der Waals surface area contributed by atoms with E-state index in [1.165, 1.54) is 6.42 Å². The number of aliphatic hydroxyl groups excluding tert-OH is 2. The number of aliphatic hydroxyl groups is 2. The SMILES string of the molecule is CC1(C(=O)NCC(O)CO)CCCCC1. The first-order valence-electron chi connectivity index (χ1n) is 5.66. The Balaban J connectivity index is 2.37. The molecule has 0 spiro atoms. The number of hydrogen-bond acceptors (Lipinski definition) is 3. The van der Waals surface area contributed by atoms with Gasteiger partial charge in [-0.25, -0.2) is 0 Å². The molecule has 0 saturated heterocycles. The first-order chi connectivity index (χ1) is 7.08. The smallest absolute Gasteiger partial charge is 0.226 e. The van der Waals surface area contributed by atoms with Crippen LogP contribution in [0.15, 0.2) is 0 Å². The van der Waals surface area contributed by atoms with Gasteiger partial charge in [-0.3, -0.25) is 4.79 Å². The molecule has 0 bridgehead atoms. The van der Waals surface area contributed by atoms with E-state index in [0.29, 0.717) is 0 Å². The van der Waals surface area contributed by atoms with Crippen molar-refractivity contribution >= 4 is 5.91 Å². The number of carbonyl (C=O) groups excluding carboxylic acids is 1. The summed E-state index contributed by atoms with van der Waals surface area (Å²) in [6.45, 7) is 1.81. The van der Waals surface area contributed by atoms with Crippen LogP contribution in [-0.4, -0.2) is 35.4 Å². The molecule has 0 heterocycles. The normalized spacial score (nSPS) is 22.1. The lowest BCUT2D eigenvalue weighted by Crippen LogP contribution is -2.43. The van der Waals surface area contributed by atoms with Crippen molar-refractivity contribution in [3.05, 3.63) is 0 Å². The molecule has 1 saturated carbocycles. The minimum atomic E-state index is -0.846. The molecule has 1 rings (SSSR count). The van der Waals surface area contributed by atoms with E-state index in [4.69, 9.17) is 10.2 Å². The highest BCUT2D eigenvalue weighted by atomic mass is 16.3. The average Bonchev–Trinajstić information content (AvgIpc) is 2.26. The highest BCUT2D eigenvalue weighted by molar-refractivity contribution is 5.82. The van der Waals surface area contributed by atoms with Crippen LogP contribution in [0.5, 0.6) is 0 Å². The van der Waals surface area contributed by atoms with E-state index in [1.54, 1.807) is 0 Å². The monoisotopic (exact) mass is 215 g/mol. The molecule has 0 radical (unpaired) electrons. The first-order valence-corrected chi connectivity index (χ1v) is 5.66. The summed E-state index contributed by atoms with van der Waals surface area (Å²) in [4.78, 5) is 11.8.